The van der Waals surface area contributed by atoms with Gasteiger partial charge in [0.05, 0.1) is 17.1 Å². The summed E-state index contributed by atoms with van der Waals surface area (Å²) in [4.78, 5) is 40.2. The van der Waals surface area contributed by atoms with Crippen molar-refractivity contribution in [2.24, 2.45) is 0 Å². The molecule has 1 spiro atoms. The standard InChI is InChI=1S/C28H35N3O8/c1-14(30-24(33)17-5-4-11-29-17)25(34)37-15(2)26(35)38-19-8-9-28(36)20-13-16-6-7-18(32)22-21(16)27(28,23(19)39-22)10-12-31(20)3/h6-8,14-15,17,20,23,29,32,36H,4-5,9-13H2,1-3H3,(H,30,33)/t14-,15-,17-,20-,23-,27-,28+/m0/s1. The first-order chi connectivity index (χ1) is 18.6. The van der Waals surface area contributed by atoms with Crippen molar-refractivity contribution in [3.05, 3.63) is 35.1 Å². The molecule has 7 atom stereocenters. The van der Waals surface area contributed by atoms with E-state index in [0.29, 0.717) is 31.6 Å². The van der Waals surface area contributed by atoms with E-state index in [1.165, 1.54) is 13.8 Å². The Morgan fingerprint density at radius 2 is 2.05 bits per heavy atom. The van der Waals surface area contributed by atoms with E-state index in [1.807, 2.05) is 13.1 Å². The van der Waals surface area contributed by atoms with Gasteiger partial charge in [-0.15, -0.1) is 0 Å². The molecule has 2 bridgehead atoms. The Hall–Kier alpha value is -3.15. The first kappa shape index (κ1) is 26.1. The Kier molecular flexibility index (Phi) is 6.16. The highest BCUT2D eigenvalue weighted by Crippen LogP contribution is 2.65. The van der Waals surface area contributed by atoms with E-state index in [9.17, 15) is 24.6 Å². The van der Waals surface area contributed by atoms with Crippen molar-refractivity contribution in [2.75, 3.05) is 20.1 Å². The summed E-state index contributed by atoms with van der Waals surface area (Å²) in [5, 5.41) is 28.5. The number of amides is 1. The summed E-state index contributed by atoms with van der Waals surface area (Å²) in [7, 11) is 2.00. The number of carbonyl (C=O) groups is 3. The van der Waals surface area contributed by atoms with Crippen LogP contribution in [0.3, 0.4) is 0 Å². The summed E-state index contributed by atoms with van der Waals surface area (Å²) in [6, 6.07) is 2.03. The molecule has 1 aromatic carbocycles. The largest absolute Gasteiger partial charge is 0.504 e. The van der Waals surface area contributed by atoms with E-state index in [4.69, 9.17) is 14.2 Å². The fraction of sp³-hybridized carbons (Fsp3) is 0.607. The van der Waals surface area contributed by atoms with Crippen LogP contribution in [-0.2, 0) is 35.7 Å². The maximum absolute atomic E-state index is 13.1. The van der Waals surface area contributed by atoms with Crippen molar-refractivity contribution >= 4 is 17.8 Å². The zero-order valence-electron chi connectivity index (χ0n) is 22.4. The van der Waals surface area contributed by atoms with Crippen LogP contribution in [0.5, 0.6) is 11.5 Å². The van der Waals surface area contributed by atoms with Crippen molar-refractivity contribution in [1.82, 2.24) is 15.5 Å². The number of carbonyl (C=O) groups excluding carboxylic acids is 3. The summed E-state index contributed by atoms with van der Waals surface area (Å²) in [6.07, 6.45) is 2.61. The van der Waals surface area contributed by atoms with Crippen LogP contribution in [-0.4, -0.2) is 89.0 Å². The molecule has 1 aromatic rings. The molecule has 2 saturated heterocycles. The monoisotopic (exact) mass is 541 g/mol. The Morgan fingerprint density at radius 1 is 1.26 bits per heavy atom. The molecule has 0 saturated carbocycles. The second-order valence-electron chi connectivity index (χ2n) is 11.5. The van der Waals surface area contributed by atoms with Crippen molar-refractivity contribution < 1.29 is 38.8 Å². The first-order valence-electron chi connectivity index (χ1n) is 13.7. The lowest BCUT2D eigenvalue weighted by atomic mass is 9.50. The van der Waals surface area contributed by atoms with Gasteiger partial charge in [0.2, 0.25) is 5.91 Å². The van der Waals surface area contributed by atoms with Gasteiger partial charge in [-0.3, -0.25) is 4.79 Å². The quantitative estimate of drug-likeness (QED) is 0.373. The van der Waals surface area contributed by atoms with E-state index in [2.05, 4.69) is 15.5 Å². The molecule has 1 amide bonds. The third-order valence-electron chi connectivity index (χ3n) is 9.29. The van der Waals surface area contributed by atoms with Crippen LogP contribution in [0.15, 0.2) is 24.0 Å². The van der Waals surface area contributed by atoms with Crippen LogP contribution in [0.1, 0.15) is 50.7 Å². The molecule has 2 aliphatic carbocycles. The number of benzene rings is 1. The number of piperidine rings is 1. The zero-order valence-corrected chi connectivity index (χ0v) is 22.4. The lowest BCUT2D eigenvalue weighted by Gasteiger charge is -2.61. The van der Waals surface area contributed by atoms with Crippen LogP contribution < -0.4 is 15.4 Å². The Morgan fingerprint density at radius 3 is 2.79 bits per heavy atom. The third-order valence-corrected chi connectivity index (χ3v) is 9.29. The summed E-state index contributed by atoms with van der Waals surface area (Å²) >= 11 is 0. The maximum atomic E-state index is 13.1. The second kappa shape index (κ2) is 9.21. The summed E-state index contributed by atoms with van der Waals surface area (Å²) < 4.78 is 17.4. The molecule has 4 N–H and O–H groups in total. The summed E-state index contributed by atoms with van der Waals surface area (Å²) in [5.41, 5.74) is -0.262. The van der Waals surface area contributed by atoms with Gasteiger partial charge in [0.15, 0.2) is 23.7 Å². The van der Waals surface area contributed by atoms with Gasteiger partial charge >= 0.3 is 11.9 Å². The molecule has 11 heteroatoms. The number of hydrogen-bond donors (Lipinski definition) is 4. The van der Waals surface area contributed by atoms with Gasteiger partial charge in [0, 0.05) is 18.0 Å². The smallest absolute Gasteiger partial charge is 0.352 e. The number of likely N-dealkylation sites (N-methyl/N-ethyl adjacent to an activating group) is 1. The molecule has 3 aliphatic heterocycles. The fourth-order valence-electron chi connectivity index (χ4n) is 7.24. The molecule has 3 heterocycles. The van der Waals surface area contributed by atoms with Gasteiger partial charge in [0.1, 0.15) is 11.8 Å². The molecule has 0 unspecified atom stereocenters. The Bertz CT molecular complexity index is 1260. The van der Waals surface area contributed by atoms with Gasteiger partial charge in [-0.2, -0.15) is 0 Å². The molecular weight excluding hydrogens is 506 g/mol. The number of nitrogens with one attached hydrogen (secondary N) is 2. The predicted molar refractivity (Wildman–Crippen MR) is 137 cm³/mol. The van der Waals surface area contributed by atoms with Crippen LogP contribution >= 0.6 is 0 Å². The van der Waals surface area contributed by atoms with Gasteiger partial charge in [-0.1, -0.05) is 6.07 Å². The summed E-state index contributed by atoms with van der Waals surface area (Å²) in [6.45, 7) is 4.37. The highest BCUT2D eigenvalue weighted by Gasteiger charge is 2.72. The number of phenols is 1. The number of esters is 2. The van der Waals surface area contributed by atoms with E-state index in [-0.39, 0.29) is 35.9 Å². The van der Waals surface area contributed by atoms with Gasteiger partial charge in [-0.05, 0) is 77.4 Å². The molecule has 11 nitrogen and oxygen atoms in total. The molecule has 2 fully saturated rings. The minimum absolute atomic E-state index is 0.0194. The lowest BCUT2D eigenvalue weighted by Crippen LogP contribution is -2.74. The Balaban J connectivity index is 1.19. The van der Waals surface area contributed by atoms with Crippen molar-refractivity contribution in [1.29, 1.82) is 0 Å². The molecule has 0 aromatic heterocycles. The van der Waals surface area contributed by atoms with Crippen LogP contribution in [0, 0.1) is 0 Å². The van der Waals surface area contributed by atoms with Gasteiger partial charge in [0.25, 0.3) is 0 Å². The SMILES string of the molecule is C[C@H](NC(=O)[C@@H]1CCCN1)C(=O)O[C@@H](C)C(=O)OC1=CC[C@@]2(O)[C@@H]3Cc4ccc(O)c5c4[C@@]2(CCN3C)[C@H]1O5. The van der Waals surface area contributed by atoms with E-state index < -0.39 is 41.2 Å². The van der Waals surface area contributed by atoms with Gasteiger partial charge in [-0.25, -0.2) is 9.59 Å². The van der Waals surface area contributed by atoms with Crippen LogP contribution in [0.4, 0.5) is 0 Å². The first-order valence-corrected chi connectivity index (χ1v) is 13.7. The Labute approximate surface area is 226 Å². The zero-order chi connectivity index (χ0) is 27.7. The number of aromatic hydroxyl groups is 1. The molecule has 210 valence electrons. The fourth-order valence-corrected chi connectivity index (χ4v) is 7.24. The number of phenolic OH excluding ortho intramolecular Hbond substituents is 1. The number of likely N-dealkylation sites (tertiary alicyclic amines) is 1. The molecular formula is C28H35N3O8. The van der Waals surface area contributed by atoms with E-state index in [0.717, 1.165) is 24.1 Å². The van der Waals surface area contributed by atoms with Gasteiger partial charge < -0.3 is 40.0 Å². The molecule has 0 radical (unpaired) electrons. The van der Waals surface area contributed by atoms with Crippen LogP contribution in [0.25, 0.3) is 0 Å². The number of nitrogens with zero attached hydrogens (tertiary/aromatic N) is 1. The van der Waals surface area contributed by atoms with Crippen molar-refractivity contribution in [2.45, 2.75) is 87.3 Å². The van der Waals surface area contributed by atoms with E-state index >= 15 is 0 Å². The molecule has 39 heavy (non-hydrogen) atoms. The average molecular weight is 542 g/mol. The van der Waals surface area contributed by atoms with Crippen molar-refractivity contribution in [3.63, 3.8) is 0 Å². The lowest BCUT2D eigenvalue weighted by molar-refractivity contribution is -0.176. The minimum atomic E-state index is -1.25. The highest BCUT2D eigenvalue weighted by molar-refractivity contribution is 5.88. The topological polar surface area (TPSA) is 147 Å². The third kappa shape index (κ3) is 3.77. The molecule has 5 aliphatic rings. The number of aliphatic hydroxyl groups is 1. The summed E-state index contributed by atoms with van der Waals surface area (Å²) in [5.74, 6) is -1.29. The number of rotatable bonds is 6. The maximum Gasteiger partial charge on any atom is 0.352 e. The number of ether oxygens (including phenoxy) is 3. The van der Waals surface area contributed by atoms with E-state index in [1.54, 1.807) is 12.1 Å². The normalized spacial score (nSPS) is 33.7. The second-order valence-corrected chi connectivity index (χ2v) is 11.5. The minimum Gasteiger partial charge on any atom is -0.504 e. The van der Waals surface area contributed by atoms with Crippen molar-refractivity contribution in [3.8, 4) is 11.5 Å². The number of hydrogen-bond acceptors (Lipinski definition) is 10. The predicted octanol–water partition coefficient (Wildman–Crippen LogP) is 0.402. The van der Waals surface area contributed by atoms with Crippen LogP contribution in [0.2, 0.25) is 0 Å². The average Bonchev–Trinajstić information content (AvgIpc) is 3.56. The molecule has 6 rings (SSSR count). The highest BCUT2D eigenvalue weighted by atomic mass is 16.6.